The lowest BCUT2D eigenvalue weighted by atomic mass is 9.76. The van der Waals surface area contributed by atoms with Crippen LogP contribution in [0.25, 0.3) is 0 Å². The van der Waals surface area contributed by atoms with E-state index in [1.165, 1.54) is 18.5 Å². The van der Waals surface area contributed by atoms with Crippen molar-refractivity contribution in [3.8, 4) is 11.5 Å². The molecule has 0 spiro atoms. The van der Waals surface area contributed by atoms with E-state index in [1.807, 2.05) is 26.0 Å². The Bertz CT molecular complexity index is 633. The van der Waals surface area contributed by atoms with Gasteiger partial charge in [-0.25, -0.2) is 4.57 Å². The van der Waals surface area contributed by atoms with Crippen LogP contribution in [0.5, 0.6) is 11.5 Å². The van der Waals surface area contributed by atoms with Crippen molar-refractivity contribution in [3.63, 3.8) is 0 Å². The quantitative estimate of drug-likeness (QED) is 0.597. The summed E-state index contributed by atoms with van der Waals surface area (Å²) < 4.78 is 35.0. The van der Waals surface area contributed by atoms with Gasteiger partial charge in [0.25, 0.3) is 0 Å². The van der Waals surface area contributed by atoms with Crippen molar-refractivity contribution in [3.05, 3.63) is 23.8 Å². The molecule has 0 amide bonds. The Labute approximate surface area is 148 Å². The number of ether oxygens (including phenoxy) is 2. The van der Waals surface area contributed by atoms with Gasteiger partial charge < -0.3 is 14.0 Å². The molecule has 5 nitrogen and oxygen atoms in total. The van der Waals surface area contributed by atoms with Crippen molar-refractivity contribution >= 4 is 18.2 Å². The molecule has 1 heterocycles. The Balaban J connectivity index is 2.31. The Kier molecular flexibility index (Phi) is 5.96. The van der Waals surface area contributed by atoms with Gasteiger partial charge in [-0.15, -0.1) is 0 Å². The molecule has 1 aromatic rings. The highest BCUT2D eigenvalue weighted by Crippen LogP contribution is 2.60. The molecule has 2 atom stereocenters. The van der Waals surface area contributed by atoms with E-state index in [0.717, 1.165) is 18.4 Å². The van der Waals surface area contributed by atoms with E-state index < -0.39 is 12.6 Å². The van der Waals surface area contributed by atoms with Gasteiger partial charge in [-0.1, -0.05) is 26.8 Å². The monoisotopic (exact) mass is 374 g/mol. The van der Waals surface area contributed by atoms with Gasteiger partial charge in [0.05, 0.1) is 0 Å². The van der Waals surface area contributed by atoms with Crippen LogP contribution in [0.15, 0.2) is 18.2 Å². The van der Waals surface area contributed by atoms with Gasteiger partial charge in [-0.05, 0) is 29.3 Å². The Morgan fingerprint density at radius 3 is 2.58 bits per heavy atom. The van der Waals surface area contributed by atoms with Crippen molar-refractivity contribution < 1.29 is 23.1 Å². The maximum atomic E-state index is 12.6. The third kappa shape index (κ3) is 4.29. The standard InChI is InChI=1S/C17H27O5PS/c1-7-10-24-23(18,20-6)22-13-8-9-14-15(11-13)21-17(4,19-5)12-16(14,2)3/h8-9,11H,7,10,12H2,1-6H3. The Hall–Kier alpha value is -0.680. The number of benzene rings is 1. The van der Waals surface area contributed by atoms with Gasteiger partial charge in [0.1, 0.15) is 11.5 Å². The van der Waals surface area contributed by atoms with Gasteiger partial charge in [-0.3, -0.25) is 4.52 Å². The van der Waals surface area contributed by atoms with Crippen LogP contribution in [0.3, 0.4) is 0 Å². The number of hydrogen-bond donors (Lipinski definition) is 0. The highest BCUT2D eigenvalue weighted by Gasteiger charge is 2.42. The predicted octanol–water partition coefficient (Wildman–Crippen LogP) is 5.39. The summed E-state index contributed by atoms with van der Waals surface area (Å²) in [6, 6.07) is 5.55. The van der Waals surface area contributed by atoms with Crippen molar-refractivity contribution in [1.29, 1.82) is 0 Å². The van der Waals surface area contributed by atoms with E-state index in [9.17, 15) is 4.57 Å². The first kappa shape index (κ1) is 19.6. The molecule has 0 fully saturated rings. The molecule has 0 bridgehead atoms. The second-order valence-corrected chi connectivity index (χ2v) is 10.9. The summed E-state index contributed by atoms with van der Waals surface area (Å²) in [5.41, 5.74) is 0.983. The number of methoxy groups -OCH3 is 1. The maximum Gasteiger partial charge on any atom is 0.439 e. The fraction of sp³-hybridized carbons (Fsp3) is 0.647. The zero-order chi connectivity index (χ0) is 18.0. The first-order valence-corrected chi connectivity index (χ1v) is 11.2. The zero-order valence-electron chi connectivity index (χ0n) is 15.3. The highest BCUT2D eigenvalue weighted by atomic mass is 32.7. The lowest BCUT2D eigenvalue weighted by molar-refractivity contribution is -0.172. The van der Waals surface area contributed by atoms with E-state index in [1.54, 1.807) is 13.2 Å². The molecule has 1 aromatic carbocycles. The second-order valence-electron chi connectivity index (χ2n) is 6.71. The summed E-state index contributed by atoms with van der Waals surface area (Å²) in [7, 11) is 3.05. The third-order valence-corrected chi connectivity index (χ3v) is 8.05. The average Bonchev–Trinajstić information content (AvgIpc) is 2.51. The topological polar surface area (TPSA) is 54.0 Å². The number of hydrogen-bond acceptors (Lipinski definition) is 6. The van der Waals surface area contributed by atoms with E-state index in [4.69, 9.17) is 18.5 Å². The molecule has 7 heteroatoms. The molecule has 2 rings (SSSR count). The third-order valence-electron chi connectivity index (χ3n) is 4.10. The molecule has 0 N–H and O–H groups in total. The summed E-state index contributed by atoms with van der Waals surface area (Å²) in [5, 5.41) is 0. The molecule has 136 valence electrons. The summed E-state index contributed by atoms with van der Waals surface area (Å²) in [4.78, 5) is 0. The lowest BCUT2D eigenvalue weighted by Gasteiger charge is -2.43. The van der Waals surface area contributed by atoms with E-state index >= 15 is 0 Å². The summed E-state index contributed by atoms with van der Waals surface area (Å²) in [5.74, 6) is 1.17. The highest BCUT2D eigenvalue weighted by molar-refractivity contribution is 8.55. The van der Waals surface area contributed by atoms with Gasteiger partial charge >= 0.3 is 6.80 Å². The van der Waals surface area contributed by atoms with Crippen LogP contribution in [-0.4, -0.2) is 25.8 Å². The molecule has 0 saturated heterocycles. The predicted molar refractivity (Wildman–Crippen MR) is 98.1 cm³/mol. The van der Waals surface area contributed by atoms with Crippen LogP contribution < -0.4 is 9.26 Å². The van der Waals surface area contributed by atoms with Gasteiger partial charge in [0, 0.05) is 44.9 Å². The molecular weight excluding hydrogens is 347 g/mol. The first-order chi connectivity index (χ1) is 11.2. The van der Waals surface area contributed by atoms with E-state index in [-0.39, 0.29) is 5.41 Å². The molecule has 0 radical (unpaired) electrons. The molecule has 2 unspecified atom stereocenters. The van der Waals surface area contributed by atoms with Crippen molar-refractivity contribution in [2.45, 2.75) is 51.7 Å². The van der Waals surface area contributed by atoms with Crippen LogP contribution >= 0.6 is 18.2 Å². The normalized spacial score (nSPS) is 24.6. The molecule has 1 aliphatic rings. The average molecular weight is 374 g/mol. The van der Waals surface area contributed by atoms with Crippen LogP contribution in [0.4, 0.5) is 0 Å². The minimum absolute atomic E-state index is 0.0984. The fourth-order valence-corrected chi connectivity index (χ4v) is 5.89. The minimum Gasteiger partial charge on any atom is -0.462 e. The van der Waals surface area contributed by atoms with Crippen LogP contribution in [-0.2, 0) is 19.2 Å². The van der Waals surface area contributed by atoms with Crippen molar-refractivity contribution in [2.24, 2.45) is 0 Å². The Morgan fingerprint density at radius 1 is 1.29 bits per heavy atom. The first-order valence-electron chi connectivity index (χ1n) is 8.05. The van der Waals surface area contributed by atoms with E-state index in [0.29, 0.717) is 17.3 Å². The summed E-state index contributed by atoms with van der Waals surface area (Å²) in [6.45, 7) is 5.04. The van der Waals surface area contributed by atoms with Crippen LogP contribution in [0.1, 0.15) is 46.1 Å². The molecule has 0 aromatic heterocycles. The Morgan fingerprint density at radius 2 is 2.00 bits per heavy atom. The zero-order valence-corrected chi connectivity index (χ0v) is 17.0. The summed E-state index contributed by atoms with van der Waals surface area (Å²) >= 11 is 1.21. The van der Waals surface area contributed by atoms with Crippen molar-refractivity contribution in [2.75, 3.05) is 20.0 Å². The number of rotatable bonds is 7. The van der Waals surface area contributed by atoms with Gasteiger partial charge in [0.2, 0.25) is 5.79 Å². The maximum absolute atomic E-state index is 12.6. The largest absolute Gasteiger partial charge is 0.462 e. The number of fused-ring (bicyclic) bond motifs is 1. The molecule has 0 aliphatic carbocycles. The van der Waals surface area contributed by atoms with Gasteiger partial charge in [0.15, 0.2) is 0 Å². The summed E-state index contributed by atoms with van der Waals surface area (Å²) in [6.07, 6.45) is 1.64. The molecule has 24 heavy (non-hydrogen) atoms. The second kappa shape index (κ2) is 7.28. The SMILES string of the molecule is CCCSP(=O)(OC)Oc1ccc2c(c1)OC(C)(OC)CC2(C)C. The van der Waals surface area contributed by atoms with E-state index in [2.05, 4.69) is 13.8 Å². The minimum atomic E-state index is -3.22. The van der Waals surface area contributed by atoms with Crippen LogP contribution in [0, 0.1) is 0 Å². The van der Waals surface area contributed by atoms with Gasteiger partial charge in [-0.2, -0.15) is 0 Å². The molecular formula is C17H27O5PS. The smallest absolute Gasteiger partial charge is 0.439 e. The van der Waals surface area contributed by atoms with Crippen LogP contribution in [0.2, 0.25) is 0 Å². The molecule has 1 aliphatic heterocycles. The lowest BCUT2D eigenvalue weighted by Crippen LogP contribution is -2.45. The molecule has 0 saturated carbocycles. The van der Waals surface area contributed by atoms with Crippen molar-refractivity contribution in [1.82, 2.24) is 0 Å². The fourth-order valence-electron chi connectivity index (χ4n) is 2.93.